The Kier molecular flexibility index (Phi) is 10.4. The van der Waals surface area contributed by atoms with Gasteiger partial charge in [-0.3, -0.25) is 29.1 Å². The van der Waals surface area contributed by atoms with Crippen LogP contribution in [0.15, 0.2) is 59.4 Å². The molecule has 2 aliphatic carbocycles. The summed E-state index contributed by atoms with van der Waals surface area (Å²) in [5.74, 6) is 0.603. The number of carbonyl (C=O) groups is 3. The standard InChI is InChI=1S/C49H57FN6O4/c1-31-6-5-7-41-44(31)46(59)52-48-49(20-3-2-4-21-49)39-16-12-35(28-42(39)56(41)48)33-18-22-53(23-19-33)30-32-8-10-34(11-9-32)47(60)55-26-24-54(25-27-55)36-13-14-37(40(50)29-36)38-15-17-43(57)51-45(38)58/h5-7,12-14,16,28-29,32-34,38H,2-4,8-11,15,17-27,30H2,1H3,(H,51,57,58). The number of imide groups is 1. The van der Waals surface area contributed by atoms with E-state index in [0.717, 1.165) is 112 Å². The van der Waals surface area contributed by atoms with Gasteiger partial charge in [-0.15, -0.1) is 0 Å². The number of amides is 3. The number of anilines is 1. The summed E-state index contributed by atoms with van der Waals surface area (Å²) in [5.41, 5.74) is 6.78. The first kappa shape index (κ1) is 39.2. The van der Waals surface area contributed by atoms with Crippen LogP contribution < -0.4 is 15.8 Å². The fraction of sp³-hybridized carbons (Fsp3) is 0.531. The van der Waals surface area contributed by atoms with Crippen molar-refractivity contribution in [3.63, 3.8) is 0 Å². The third-order valence-electron chi connectivity index (χ3n) is 15.4. The van der Waals surface area contributed by atoms with Crippen molar-refractivity contribution in [1.29, 1.82) is 0 Å². The van der Waals surface area contributed by atoms with E-state index in [0.29, 0.717) is 50.0 Å². The fourth-order valence-electron chi connectivity index (χ4n) is 12.0. The predicted octanol–water partition coefficient (Wildman–Crippen LogP) is 7.25. The van der Waals surface area contributed by atoms with Gasteiger partial charge in [-0.2, -0.15) is 4.98 Å². The summed E-state index contributed by atoms with van der Waals surface area (Å²) in [6.45, 7) is 7.83. The van der Waals surface area contributed by atoms with Gasteiger partial charge in [0.2, 0.25) is 17.7 Å². The SMILES string of the molecule is Cc1cccc2c1c(=O)nc1n2-c2cc(C3CCN(CC4CCC(C(=O)N5CCN(c6ccc(C7CCC(=O)NC7=O)c(F)c6)CC5)CC4)CC3)ccc2C12CCCCC2. The molecule has 1 spiro atoms. The average Bonchev–Trinajstić information content (AvgIpc) is 3.52. The van der Waals surface area contributed by atoms with Crippen molar-refractivity contribution in [1.82, 2.24) is 24.7 Å². The van der Waals surface area contributed by atoms with E-state index in [4.69, 9.17) is 4.98 Å². The van der Waals surface area contributed by atoms with Crippen molar-refractivity contribution in [2.75, 3.05) is 50.7 Å². The van der Waals surface area contributed by atoms with Crippen molar-refractivity contribution in [3.05, 3.63) is 98.8 Å². The van der Waals surface area contributed by atoms with E-state index in [9.17, 15) is 19.2 Å². The van der Waals surface area contributed by atoms with Crippen LogP contribution in [0.3, 0.4) is 0 Å². The van der Waals surface area contributed by atoms with E-state index in [-0.39, 0.29) is 35.1 Å². The van der Waals surface area contributed by atoms with Crippen molar-refractivity contribution in [2.24, 2.45) is 11.8 Å². The highest BCUT2D eigenvalue weighted by molar-refractivity contribution is 6.01. The fourth-order valence-corrected chi connectivity index (χ4v) is 12.0. The van der Waals surface area contributed by atoms with E-state index in [1.807, 2.05) is 24.0 Å². The molecule has 3 saturated heterocycles. The first-order chi connectivity index (χ1) is 29.2. The number of nitrogens with zero attached hydrogens (tertiary/aromatic N) is 5. The Balaban J connectivity index is 0.722. The Morgan fingerprint density at radius 1 is 0.850 bits per heavy atom. The minimum absolute atomic E-state index is 0.0795. The average molecular weight is 813 g/mol. The van der Waals surface area contributed by atoms with Crippen LogP contribution in [0, 0.1) is 24.6 Å². The van der Waals surface area contributed by atoms with E-state index < -0.39 is 17.6 Å². The zero-order chi connectivity index (χ0) is 41.1. The van der Waals surface area contributed by atoms with Crippen LogP contribution in [-0.4, -0.2) is 82.9 Å². The summed E-state index contributed by atoms with van der Waals surface area (Å²) in [6.07, 6.45) is 12.5. The zero-order valence-corrected chi connectivity index (χ0v) is 34.9. The van der Waals surface area contributed by atoms with Crippen molar-refractivity contribution < 1.29 is 18.8 Å². The summed E-state index contributed by atoms with van der Waals surface area (Å²) in [5, 5.41) is 3.06. The Morgan fingerprint density at radius 2 is 1.62 bits per heavy atom. The summed E-state index contributed by atoms with van der Waals surface area (Å²) in [4.78, 5) is 62.6. The quantitative estimate of drug-likeness (QED) is 0.205. The van der Waals surface area contributed by atoms with E-state index in [2.05, 4.69) is 50.0 Å². The molecule has 11 heteroatoms. The largest absolute Gasteiger partial charge is 0.368 e. The molecule has 3 aromatic carbocycles. The predicted molar refractivity (Wildman–Crippen MR) is 230 cm³/mol. The first-order valence-corrected chi connectivity index (χ1v) is 22.7. The summed E-state index contributed by atoms with van der Waals surface area (Å²) < 4.78 is 17.5. The number of piperazine rings is 1. The molecule has 10 nitrogen and oxygen atoms in total. The molecule has 2 saturated carbocycles. The van der Waals surface area contributed by atoms with Gasteiger partial charge in [0.25, 0.3) is 5.56 Å². The van der Waals surface area contributed by atoms with E-state index >= 15 is 4.39 Å². The summed E-state index contributed by atoms with van der Waals surface area (Å²) in [6, 6.07) is 18.4. The molecule has 3 amide bonds. The molecule has 0 bridgehead atoms. The number of rotatable bonds is 6. The zero-order valence-electron chi connectivity index (χ0n) is 34.9. The molecule has 4 aromatic rings. The Morgan fingerprint density at radius 3 is 2.35 bits per heavy atom. The number of nitrogens with one attached hydrogen (secondary N) is 1. The molecule has 10 rings (SSSR count). The van der Waals surface area contributed by atoms with E-state index in [1.165, 1.54) is 29.3 Å². The summed E-state index contributed by atoms with van der Waals surface area (Å²) in [7, 11) is 0. The van der Waals surface area contributed by atoms with Gasteiger partial charge in [0.1, 0.15) is 11.6 Å². The minimum atomic E-state index is -0.649. The second-order valence-electron chi connectivity index (χ2n) is 18.8. The molecular formula is C49H57FN6O4. The van der Waals surface area contributed by atoms with Gasteiger partial charge < -0.3 is 14.7 Å². The second-order valence-corrected chi connectivity index (χ2v) is 18.8. The number of hydrogen-bond donors (Lipinski definition) is 1. The lowest BCUT2D eigenvalue weighted by Crippen LogP contribution is -2.51. The number of carbonyl (C=O) groups excluding carboxylic acids is 3. The van der Waals surface area contributed by atoms with Crippen LogP contribution >= 0.6 is 0 Å². The third kappa shape index (κ3) is 6.94. The molecule has 1 aromatic heterocycles. The van der Waals surface area contributed by atoms with Crippen LogP contribution in [0.25, 0.3) is 16.6 Å². The van der Waals surface area contributed by atoms with Gasteiger partial charge in [-0.25, -0.2) is 4.39 Å². The number of hydrogen-bond acceptors (Lipinski definition) is 7. The van der Waals surface area contributed by atoms with Crippen LogP contribution in [0.2, 0.25) is 0 Å². The Hall–Kier alpha value is -4.90. The highest BCUT2D eigenvalue weighted by Crippen LogP contribution is 2.52. The highest BCUT2D eigenvalue weighted by atomic mass is 19.1. The lowest BCUT2D eigenvalue weighted by molar-refractivity contribution is -0.137. The Labute approximate surface area is 351 Å². The number of likely N-dealkylation sites (tertiary alicyclic amines) is 1. The normalized spacial score (nSPS) is 24.7. The molecule has 5 fully saturated rings. The number of halogens is 1. The maximum atomic E-state index is 15.2. The molecule has 1 atom stereocenters. The molecule has 6 aliphatic rings. The number of aromatic nitrogens is 2. The Bertz CT molecular complexity index is 2400. The maximum absolute atomic E-state index is 15.2. The first-order valence-electron chi connectivity index (χ1n) is 22.7. The van der Waals surface area contributed by atoms with Crippen LogP contribution in [0.5, 0.6) is 0 Å². The summed E-state index contributed by atoms with van der Waals surface area (Å²) >= 11 is 0. The molecule has 1 N–H and O–H groups in total. The highest BCUT2D eigenvalue weighted by Gasteiger charge is 2.47. The van der Waals surface area contributed by atoms with Crippen molar-refractivity contribution in [2.45, 2.75) is 108 Å². The maximum Gasteiger partial charge on any atom is 0.281 e. The van der Waals surface area contributed by atoms with Gasteiger partial charge in [0, 0.05) is 56.3 Å². The lowest BCUT2D eigenvalue weighted by Gasteiger charge is -2.40. The minimum Gasteiger partial charge on any atom is -0.368 e. The van der Waals surface area contributed by atoms with Gasteiger partial charge in [-0.05, 0) is 131 Å². The molecule has 1 unspecified atom stereocenters. The van der Waals surface area contributed by atoms with Gasteiger partial charge in [0.15, 0.2) is 0 Å². The molecule has 5 heterocycles. The smallest absolute Gasteiger partial charge is 0.281 e. The number of benzene rings is 3. The number of piperidine rings is 2. The van der Waals surface area contributed by atoms with Gasteiger partial charge >= 0.3 is 0 Å². The van der Waals surface area contributed by atoms with Crippen LogP contribution in [-0.2, 0) is 19.8 Å². The van der Waals surface area contributed by atoms with Crippen molar-refractivity contribution >= 4 is 34.3 Å². The van der Waals surface area contributed by atoms with Crippen LogP contribution in [0.1, 0.15) is 123 Å². The number of aryl methyl sites for hydroxylation is 1. The molecule has 4 aliphatic heterocycles. The van der Waals surface area contributed by atoms with E-state index in [1.54, 1.807) is 6.07 Å². The topological polar surface area (TPSA) is 108 Å². The monoisotopic (exact) mass is 812 g/mol. The molecule has 60 heavy (non-hydrogen) atoms. The van der Waals surface area contributed by atoms with Crippen molar-refractivity contribution in [3.8, 4) is 5.69 Å². The lowest BCUT2D eigenvalue weighted by atomic mass is 9.69. The molecule has 314 valence electrons. The van der Waals surface area contributed by atoms with Crippen LogP contribution in [0.4, 0.5) is 10.1 Å². The molecule has 0 radical (unpaired) electrons. The van der Waals surface area contributed by atoms with Gasteiger partial charge in [0.05, 0.1) is 27.9 Å². The van der Waals surface area contributed by atoms with Gasteiger partial charge in [-0.1, -0.05) is 49.6 Å². The number of fused-ring (bicyclic) bond motifs is 7. The second kappa shape index (κ2) is 15.9. The third-order valence-corrected chi connectivity index (χ3v) is 15.4. The molecular weight excluding hydrogens is 756 g/mol.